The molecule has 0 aliphatic heterocycles. The predicted octanol–water partition coefficient (Wildman–Crippen LogP) is -0.150. The summed E-state index contributed by atoms with van der Waals surface area (Å²) in [5.74, 6) is 0. The molecule has 0 aliphatic carbocycles. The molecule has 2 aromatic carbocycles. The fraction of sp³-hybridized carbons (Fsp3) is 0.211. The summed E-state index contributed by atoms with van der Waals surface area (Å²) in [6, 6.07) is 14.9. The third-order valence-corrected chi connectivity index (χ3v) is 5.64. The van der Waals surface area contributed by atoms with Crippen LogP contribution in [0.15, 0.2) is 74.6 Å². The molecule has 152 valence electrons. The second kappa shape index (κ2) is 10.0. The van der Waals surface area contributed by atoms with Gasteiger partial charge in [0, 0.05) is 21.1 Å². The van der Waals surface area contributed by atoms with Crippen molar-refractivity contribution >= 4 is 21.4 Å². The van der Waals surface area contributed by atoms with Crippen LogP contribution in [-0.2, 0) is 17.1 Å². The Bertz CT molecular complexity index is 1200. The normalized spacial score (nSPS) is 11.3. The van der Waals surface area contributed by atoms with Crippen LogP contribution in [-0.4, -0.2) is 36.9 Å². The van der Waals surface area contributed by atoms with Gasteiger partial charge in [-0.2, -0.15) is 0 Å². The van der Waals surface area contributed by atoms with E-state index < -0.39 is 15.6 Å². The zero-order valence-corrected chi connectivity index (χ0v) is 21.5. The summed E-state index contributed by atoms with van der Waals surface area (Å²) < 4.78 is 31.1. The number of rotatable bonds is 6. The van der Waals surface area contributed by atoms with Gasteiger partial charge in [0.2, 0.25) is 0 Å². The van der Waals surface area contributed by atoms with Gasteiger partial charge in [-0.3, -0.25) is 19.2 Å². The maximum Gasteiger partial charge on any atom is 1.00 e. The summed E-state index contributed by atoms with van der Waals surface area (Å²) in [5, 5.41) is 9.36. The number of benzene rings is 2. The topological polar surface area (TPSA) is 101 Å². The van der Waals surface area contributed by atoms with Crippen LogP contribution in [0.3, 0.4) is 0 Å². The average molecular weight is 454 g/mol. The van der Waals surface area contributed by atoms with Crippen molar-refractivity contribution < 1.29 is 59.8 Å². The molecule has 1 N–H and O–H groups in total. The van der Waals surface area contributed by atoms with Crippen LogP contribution in [0.1, 0.15) is 5.69 Å². The van der Waals surface area contributed by atoms with Crippen LogP contribution in [0.25, 0.3) is 5.69 Å². The summed E-state index contributed by atoms with van der Waals surface area (Å²) in [6.45, 7) is 1.68. The van der Waals surface area contributed by atoms with Gasteiger partial charge >= 0.3 is 51.4 Å². The minimum atomic E-state index is -3.95. The first-order chi connectivity index (χ1) is 13.7. The van der Waals surface area contributed by atoms with Gasteiger partial charge < -0.3 is 0 Å². The fourth-order valence-electron chi connectivity index (χ4n) is 2.71. The molecule has 1 aromatic heterocycles. The first kappa shape index (κ1) is 24.5. The van der Waals surface area contributed by atoms with E-state index in [-0.39, 0.29) is 62.0 Å². The molecule has 0 radical (unpaired) electrons. The van der Waals surface area contributed by atoms with Crippen molar-refractivity contribution in [2.75, 3.05) is 18.8 Å². The van der Waals surface area contributed by atoms with Crippen molar-refractivity contribution in [2.24, 2.45) is 17.4 Å². The van der Waals surface area contributed by atoms with E-state index in [4.69, 9.17) is 0 Å². The zero-order chi connectivity index (χ0) is 21.2. The molecule has 3 rings (SSSR count). The van der Waals surface area contributed by atoms with Crippen LogP contribution in [0.2, 0.25) is 0 Å². The number of anilines is 1. The Kier molecular flexibility index (Phi) is 8.19. The van der Waals surface area contributed by atoms with Gasteiger partial charge in [0.25, 0.3) is 15.6 Å². The van der Waals surface area contributed by atoms with E-state index in [1.807, 2.05) is 18.2 Å². The Morgan fingerprint density at radius 1 is 1.00 bits per heavy atom. The molecule has 0 unspecified atom stereocenters. The van der Waals surface area contributed by atoms with Crippen molar-refractivity contribution in [3.63, 3.8) is 0 Å². The number of sulfonamides is 1. The van der Waals surface area contributed by atoms with E-state index in [1.54, 1.807) is 57.0 Å². The summed E-state index contributed by atoms with van der Waals surface area (Å²) in [6.07, 6.45) is 0. The standard InChI is InChI=1S/C19H22N6O3S.K/c1-14-18(19(26)25(24(14)4)16-8-6-5-7-9-16)21-29(27,28)17-12-10-15(11-13-17)20-22-23(2)3;/h5-13,21H,1-4H3;/q;+1. The van der Waals surface area contributed by atoms with Gasteiger partial charge in [0.1, 0.15) is 5.69 Å². The minimum absolute atomic E-state index is 0. The zero-order valence-electron chi connectivity index (χ0n) is 17.6. The van der Waals surface area contributed by atoms with Crippen molar-refractivity contribution in [1.29, 1.82) is 0 Å². The average Bonchev–Trinajstić information content (AvgIpc) is 2.90. The molecule has 9 nitrogen and oxygen atoms in total. The third kappa shape index (κ3) is 5.28. The Labute approximate surface area is 217 Å². The molecular formula is C19H22KN6O3S+. The van der Waals surface area contributed by atoms with Crippen LogP contribution in [0.4, 0.5) is 11.4 Å². The monoisotopic (exact) mass is 453 g/mol. The summed E-state index contributed by atoms with van der Waals surface area (Å²) in [5.41, 5.74) is 1.21. The minimum Gasteiger partial charge on any atom is -0.285 e. The predicted molar refractivity (Wildman–Crippen MR) is 111 cm³/mol. The smallest absolute Gasteiger partial charge is 0.285 e. The largest absolute Gasteiger partial charge is 1.00 e. The number of hydrogen-bond acceptors (Lipinski definition) is 5. The van der Waals surface area contributed by atoms with E-state index in [1.165, 1.54) is 21.8 Å². The molecule has 1 heterocycles. The number of para-hydroxylation sites is 1. The van der Waals surface area contributed by atoms with E-state index in [0.29, 0.717) is 17.1 Å². The Hall–Kier alpha value is -1.76. The second-order valence-corrected chi connectivity index (χ2v) is 8.25. The van der Waals surface area contributed by atoms with Gasteiger partial charge in [-0.15, -0.1) is 5.11 Å². The number of nitrogens with zero attached hydrogens (tertiary/aromatic N) is 5. The quantitative estimate of drug-likeness (QED) is 0.319. The maximum absolute atomic E-state index is 12.9. The molecule has 3 aromatic rings. The van der Waals surface area contributed by atoms with Gasteiger partial charge in [-0.1, -0.05) is 23.4 Å². The van der Waals surface area contributed by atoms with E-state index in [2.05, 4.69) is 15.1 Å². The van der Waals surface area contributed by atoms with Crippen LogP contribution >= 0.6 is 0 Å². The second-order valence-electron chi connectivity index (χ2n) is 6.57. The fourth-order valence-corrected chi connectivity index (χ4v) is 3.83. The molecule has 0 aliphatic rings. The molecule has 0 fully saturated rings. The molecule has 0 bridgehead atoms. The Morgan fingerprint density at radius 3 is 2.17 bits per heavy atom. The number of nitrogens with one attached hydrogen (secondary N) is 1. The van der Waals surface area contributed by atoms with Gasteiger partial charge in [-0.05, 0) is 43.3 Å². The van der Waals surface area contributed by atoms with Gasteiger partial charge in [-0.25, -0.2) is 13.1 Å². The molecule has 0 saturated heterocycles. The molecule has 0 saturated carbocycles. The Balaban J connectivity index is 0.00000320. The third-order valence-electron chi connectivity index (χ3n) is 4.28. The van der Waals surface area contributed by atoms with Crippen molar-refractivity contribution in [2.45, 2.75) is 11.8 Å². The SMILES string of the molecule is Cc1c(NS(=O)(=O)c2ccc(N=NN(C)C)cc2)c(=O)n(-c2ccccc2)n1C.[K+]. The number of aromatic nitrogens is 2. The number of hydrogen-bond donors (Lipinski definition) is 1. The molecule has 11 heteroatoms. The van der Waals surface area contributed by atoms with Crippen molar-refractivity contribution in [3.05, 3.63) is 70.6 Å². The first-order valence-corrected chi connectivity index (χ1v) is 10.2. The van der Waals surface area contributed by atoms with E-state index in [9.17, 15) is 13.2 Å². The van der Waals surface area contributed by atoms with E-state index in [0.717, 1.165) is 0 Å². The first-order valence-electron chi connectivity index (χ1n) is 8.76. The Morgan fingerprint density at radius 2 is 1.60 bits per heavy atom. The molecule has 0 spiro atoms. The van der Waals surface area contributed by atoms with Crippen molar-refractivity contribution in [3.8, 4) is 5.69 Å². The van der Waals surface area contributed by atoms with Crippen LogP contribution in [0, 0.1) is 6.92 Å². The van der Waals surface area contributed by atoms with Gasteiger partial charge in [0.05, 0.1) is 22.0 Å². The summed E-state index contributed by atoms with van der Waals surface area (Å²) in [7, 11) is 1.21. The van der Waals surface area contributed by atoms with Crippen LogP contribution in [0.5, 0.6) is 0 Å². The van der Waals surface area contributed by atoms with Crippen LogP contribution < -0.4 is 61.7 Å². The molecular weight excluding hydrogens is 431 g/mol. The molecule has 30 heavy (non-hydrogen) atoms. The summed E-state index contributed by atoms with van der Waals surface area (Å²) in [4.78, 5) is 12.9. The van der Waals surface area contributed by atoms with E-state index >= 15 is 0 Å². The van der Waals surface area contributed by atoms with Crippen molar-refractivity contribution in [1.82, 2.24) is 14.4 Å². The molecule has 0 amide bonds. The summed E-state index contributed by atoms with van der Waals surface area (Å²) >= 11 is 0. The molecule has 0 atom stereocenters. The van der Waals surface area contributed by atoms with Gasteiger partial charge in [0.15, 0.2) is 0 Å². The maximum atomic E-state index is 12.9.